The largest absolute Gasteiger partial charge is 0.323 e. The first-order valence-electron chi connectivity index (χ1n) is 4.97. The highest BCUT2D eigenvalue weighted by atomic mass is 35.5. The van der Waals surface area contributed by atoms with E-state index >= 15 is 0 Å². The maximum atomic E-state index is 5.88. The Bertz CT molecular complexity index is 494. The van der Waals surface area contributed by atoms with Gasteiger partial charge in [-0.2, -0.15) is 5.10 Å². The van der Waals surface area contributed by atoms with Gasteiger partial charge in [0.1, 0.15) is 16.8 Å². The van der Waals surface area contributed by atoms with Gasteiger partial charge in [-0.3, -0.25) is 4.68 Å². The molecule has 1 N–H and O–H groups in total. The third kappa shape index (κ3) is 2.49. The van der Waals surface area contributed by atoms with Gasteiger partial charge in [-0.1, -0.05) is 18.5 Å². The lowest BCUT2D eigenvalue weighted by Crippen LogP contribution is -2.00. The van der Waals surface area contributed by atoms with Gasteiger partial charge in [-0.15, -0.1) is 0 Å². The highest BCUT2D eigenvalue weighted by molar-refractivity contribution is 6.29. The van der Waals surface area contributed by atoms with E-state index in [4.69, 9.17) is 11.6 Å². The van der Waals surface area contributed by atoms with E-state index in [1.165, 1.54) is 0 Å². The molecule has 0 bridgehead atoms. The molecule has 0 atom stereocenters. The van der Waals surface area contributed by atoms with Crippen LogP contribution in [0.3, 0.4) is 0 Å². The monoisotopic (exact) mass is 237 g/mol. The number of aryl methyl sites for hydroxylation is 2. The molecule has 0 saturated heterocycles. The van der Waals surface area contributed by atoms with Crippen molar-refractivity contribution in [3.05, 3.63) is 29.3 Å². The van der Waals surface area contributed by atoms with Crippen molar-refractivity contribution in [1.29, 1.82) is 0 Å². The molecule has 2 aromatic heterocycles. The maximum Gasteiger partial charge on any atom is 0.153 e. The van der Waals surface area contributed by atoms with Crippen molar-refractivity contribution >= 4 is 23.2 Å². The van der Waals surface area contributed by atoms with Crippen molar-refractivity contribution < 1.29 is 0 Å². The van der Waals surface area contributed by atoms with E-state index in [1.54, 1.807) is 10.7 Å². The molecule has 0 aliphatic rings. The van der Waals surface area contributed by atoms with Crippen molar-refractivity contribution in [2.75, 3.05) is 5.32 Å². The molecule has 84 valence electrons. The fourth-order valence-electron chi connectivity index (χ4n) is 1.30. The summed E-state index contributed by atoms with van der Waals surface area (Å²) in [5.41, 5.74) is 0. The number of hydrogen-bond acceptors (Lipinski definition) is 4. The molecule has 0 aromatic carbocycles. The van der Waals surface area contributed by atoms with Gasteiger partial charge < -0.3 is 5.32 Å². The molecule has 6 heteroatoms. The van der Waals surface area contributed by atoms with Crippen LogP contribution in [0.1, 0.15) is 12.7 Å². The summed E-state index contributed by atoms with van der Waals surface area (Å²) in [5, 5.41) is 7.70. The normalized spacial score (nSPS) is 10.4. The Balaban J connectivity index is 2.24. The van der Waals surface area contributed by atoms with Crippen LogP contribution in [0.25, 0.3) is 0 Å². The predicted molar refractivity (Wildman–Crippen MR) is 62.9 cm³/mol. The van der Waals surface area contributed by atoms with Gasteiger partial charge in [-0.05, 0) is 0 Å². The van der Waals surface area contributed by atoms with Gasteiger partial charge in [0.05, 0.1) is 0 Å². The number of hydrogen-bond donors (Lipinski definition) is 1. The van der Waals surface area contributed by atoms with Crippen molar-refractivity contribution in [2.24, 2.45) is 7.05 Å². The molecule has 0 spiro atoms. The predicted octanol–water partition coefficient (Wildman–Crippen LogP) is 2.17. The molecule has 0 aliphatic heterocycles. The Labute approximate surface area is 98.5 Å². The van der Waals surface area contributed by atoms with Crippen LogP contribution in [-0.4, -0.2) is 19.7 Å². The van der Waals surface area contributed by atoms with E-state index in [0.717, 1.165) is 12.2 Å². The summed E-state index contributed by atoms with van der Waals surface area (Å²) in [6, 6.07) is 3.54. The zero-order chi connectivity index (χ0) is 11.5. The Kier molecular flexibility index (Phi) is 3.05. The lowest BCUT2D eigenvalue weighted by atomic mass is 10.4. The second-order valence-corrected chi connectivity index (χ2v) is 3.73. The standard InChI is InChI=1S/C10H12ClN5/c1-3-8-12-7(11)6-10(13-8)14-9-4-5-16(2)15-9/h4-6H,3H2,1-2H3,(H,12,13,14,15). The lowest BCUT2D eigenvalue weighted by molar-refractivity contribution is 0.771. The topological polar surface area (TPSA) is 55.6 Å². The van der Waals surface area contributed by atoms with Gasteiger partial charge in [0.15, 0.2) is 5.82 Å². The minimum Gasteiger partial charge on any atom is -0.323 e. The molecule has 2 rings (SSSR count). The highest BCUT2D eigenvalue weighted by Crippen LogP contribution is 2.15. The molecule has 0 radical (unpaired) electrons. The van der Waals surface area contributed by atoms with E-state index in [9.17, 15) is 0 Å². The minimum atomic E-state index is 0.435. The van der Waals surface area contributed by atoms with Crippen molar-refractivity contribution in [3.63, 3.8) is 0 Å². The minimum absolute atomic E-state index is 0.435. The first-order valence-corrected chi connectivity index (χ1v) is 5.35. The van der Waals surface area contributed by atoms with Gasteiger partial charge in [0, 0.05) is 31.8 Å². The molecule has 0 amide bonds. The van der Waals surface area contributed by atoms with Gasteiger partial charge in [-0.25, -0.2) is 9.97 Å². The van der Waals surface area contributed by atoms with Crippen LogP contribution in [-0.2, 0) is 13.5 Å². The summed E-state index contributed by atoms with van der Waals surface area (Å²) in [6.07, 6.45) is 2.60. The molecule has 5 nitrogen and oxygen atoms in total. The average Bonchev–Trinajstić information content (AvgIpc) is 2.63. The second kappa shape index (κ2) is 4.49. The SMILES string of the molecule is CCc1nc(Cl)cc(Nc2ccn(C)n2)n1. The summed E-state index contributed by atoms with van der Waals surface area (Å²) >= 11 is 5.88. The summed E-state index contributed by atoms with van der Waals surface area (Å²) in [5.74, 6) is 2.11. The summed E-state index contributed by atoms with van der Waals surface area (Å²) in [4.78, 5) is 8.39. The van der Waals surface area contributed by atoms with Gasteiger partial charge in [0.2, 0.25) is 0 Å². The maximum absolute atomic E-state index is 5.88. The number of aromatic nitrogens is 4. The smallest absolute Gasteiger partial charge is 0.153 e. The molecule has 0 unspecified atom stereocenters. The van der Waals surface area contributed by atoms with Crippen LogP contribution >= 0.6 is 11.6 Å². The van der Waals surface area contributed by atoms with E-state index in [0.29, 0.717) is 16.8 Å². The third-order valence-corrected chi connectivity index (χ3v) is 2.22. The number of anilines is 2. The summed E-state index contributed by atoms with van der Waals surface area (Å²) < 4.78 is 1.71. The van der Waals surface area contributed by atoms with Crippen LogP contribution in [0.4, 0.5) is 11.6 Å². The first-order chi connectivity index (χ1) is 7.67. The molecule has 2 aromatic rings. The van der Waals surface area contributed by atoms with Crippen LogP contribution < -0.4 is 5.32 Å². The molecular weight excluding hydrogens is 226 g/mol. The zero-order valence-electron chi connectivity index (χ0n) is 9.11. The lowest BCUT2D eigenvalue weighted by Gasteiger charge is -2.04. The number of rotatable bonds is 3. The van der Waals surface area contributed by atoms with E-state index in [-0.39, 0.29) is 0 Å². The number of halogens is 1. The third-order valence-electron chi connectivity index (χ3n) is 2.03. The average molecular weight is 238 g/mol. The number of nitrogens with one attached hydrogen (secondary N) is 1. The van der Waals surface area contributed by atoms with Gasteiger partial charge >= 0.3 is 0 Å². The van der Waals surface area contributed by atoms with Crippen LogP contribution in [0.2, 0.25) is 5.15 Å². The molecular formula is C10H12ClN5. The van der Waals surface area contributed by atoms with E-state index in [2.05, 4.69) is 20.4 Å². The van der Waals surface area contributed by atoms with Gasteiger partial charge in [0.25, 0.3) is 0 Å². The Morgan fingerprint density at radius 3 is 2.81 bits per heavy atom. The Hall–Kier alpha value is -1.62. The van der Waals surface area contributed by atoms with E-state index < -0.39 is 0 Å². The molecule has 0 fully saturated rings. The summed E-state index contributed by atoms with van der Waals surface area (Å²) in [7, 11) is 1.86. The number of nitrogens with zero attached hydrogens (tertiary/aromatic N) is 4. The van der Waals surface area contributed by atoms with Crippen LogP contribution in [0, 0.1) is 0 Å². The fraction of sp³-hybridized carbons (Fsp3) is 0.300. The Morgan fingerprint density at radius 1 is 1.38 bits per heavy atom. The fourth-order valence-corrected chi connectivity index (χ4v) is 1.50. The second-order valence-electron chi connectivity index (χ2n) is 3.35. The summed E-state index contributed by atoms with van der Waals surface area (Å²) in [6.45, 7) is 1.98. The molecule has 16 heavy (non-hydrogen) atoms. The molecule has 0 saturated carbocycles. The highest BCUT2D eigenvalue weighted by Gasteiger charge is 2.03. The van der Waals surface area contributed by atoms with Crippen molar-refractivity contribution in [3.8, 4) is 0 Å². The molecule has 2 heterocycles. The van der Waals surface area contributed by atoms with E-state index in [1.807, 2.05) is 26.2 Å². The van der Waals surface area contributed by atoms with Crippen molar-refractivity contribution in [1.82, 2.24) is 19.7 Å². The van der Waals surface area contributed by atoms with Crippen molar-refractivity contribution in [2.45, 2.75) is 13.3 Å². The molecule has 0 aliphatic carbocycles. The van der Waals surface area contributed by atoms with Crippen LogP contribution in [0.5, 0.6) is 0 Å². The first kappa shape index (κ1) is 10.9. The Morgan fingerprint density at radius 2 is 2.19 bits per heavy atom. The van der Waals surface area contributed by atoms with Crippen LogP contribution in [0.15, 0.2) is 18.3 Å². The zero-order valence-corrected chi connectivity index (χ0v) is 9.86. The quantitative estimate of drug-likeness (QED) is 0.832.